The smallest absolute Gasteiger partial charge is 0.0722 e. The molecule has 0 unspecified atom stereocenters. The summed E-state index contributed by atoms with van der Waals surface area (Å²) in [6.45, 7) is 0. The lowest BCUT2D eigenvalue weighted by molar-refractivity contribution is 1.50. The fourth-order valence-electron chi connectivity index (χ4n) is 5.43. The van der Waals surface area contributed by atoms with Crippen molar-refractivity contribution in [2.75, 3.05) is 0 Å². The van der Waals surface area contributed by atoms with Gasteiger partial charge in [0.15, 0.2) is 0 Å². The molecule has 158 valence electrons. The van der Waals surface area contributed by atoms with Crippen LogP contribution >= 0.6 is 0 Å². The molecule has 7 rings (SSSR count). The third-order valence-electron chi connectivity index (χ3n) is 6.82. The van der Waals surface area contributed by atoms with Gasteiger partial charge >= 0.3 is 0 Å². The predicted molar refractivity (Wildman–Crippen MR) is 144 cm³/mol. The molecule has 0 saturated heterocycles. The average molecular weight is 432 g/mol. The van der Waals surface area contributed by atoms with Gasteiger partial charge in [0.25, 0.3) is 0 Å². The van der Waals surface area contributed by atoms with Gasteiger partial charge in [-0.15, -0.1) is 0 Å². The molecule has 1 heteroatoms. The van der Waals surface area contributed by atoms with Gasteiger partial charge < -0.3 is 0 Å². The van der Waals surface area contributed by atoms with E-state index in [1.54, 1.807) is 0 Å². The Morgan fingerprint density at radius 3 is 1.62 bits per heavy atom. The van der Waals surface area contributed by atoms with Crippen LogP contribution in [0.15, 0.2) is 127 Å². The summed E-state index contributed by atoms with van der Waals surface area (Å²) in [4.78, 5) is 5.07. The first-order valence-electron chi connectivity index (χ1n) is 11.7. The van der Waals surface area contributed by atoms with Crippen molar-refractivity contribution in [2.45, 2.75) is 0 Å². The van der Waals surface area contributed by atoms with Crippen molar-refractivity contribution in [3.8, 4) is 0 Å². The molecule has 0 saturated carbocycles. The van der Waals surface area contributed by atoms with E-state index in [1.165, 1.54) is 54.2 Å². The van der Waals surface area contributed by atoms with E-state index in [1.807, 2.05) is 0 Å². The van der Waals surface area contributed by atoms with Gasteiger partial charge in [-0.1, -0.05) is 115 Å². The number of fused-ring (bicyclic) bond motifs is 4. The molecule has 0 fully saturated rings. The topological polar surface area (TPSA) is 12.9 Å². The number of hydrogen-bond donors (Lipinski definition) is 0. The minimum atomic E-state index is 1.04. The third-order valence-corrected chi connectivity index (χ3v) is 6.82. The van der Waals surface area contributed by atoms with E-state index < -0.39 is 0 Å². The van der Waals surface area contributed by atoms with E-state index in [2.05, 4.69) is 127 Å². The van der Waals surface area contributed by atoms with Crippen LogP contribution < -0.4 is 5.22 Å². The Labute approximate surface area is 197 Å². The van der Waals surface area contributed by atoms with E-state index >= 15 is 0 Å². The quantitative estimate of drug-likeness (QED) is 0.202. The normalized spacial score (nSPS) is 11.5. The molecule has 0 atom stereocenters. The number of pyridine rings is 1. The third kappa shape index (κ3) is 2.77. The van der Waals surface area contributed by atoms with Crippen LogP contribution in [0, 0.1) is 0 Å². The molecular formula is C33H21N. The molecule has 0 spiro atoms. The summed E-state index contributed by atoms with van der Waals surface area (Å²) >= 11 is 0. The standard InChI is InChI=1S/C33H21N/c1-3-12-22(13-4-1)30(23-14-5-2-6-15-23)32-25-17-8-7-16-24(25)31-26-18-9-10-20-28(26)34-29-21-11-19-27(32)33(29)31/h1-21H. The van der Waals surface area contributed by atoms with E-state index in [0.29, 0.717) is 0 Å². The van der Waals surface area contributed by atoms with Gasteiger partial charge in [0.05, 0.1) is 11.0 Å². The zero-order chi connectivity index (χ0) is 22.5. The number of rotatable bonds is 2. The molecule has 0 radical (unpaired) electrons. The average Bonchev–Trinajstić information content (AvgIpc) is 2.91. The molecule has 1 nitrogen and oxygen atoms in total. The molecule has 0 aliphatic carbocycles. The number of benzene rings is 6. The van der Waals surface area contributed by atoms with Crippen LogP contribution in [0.5, 0.6) is 0 Å². The van der Waals surface area contributed by atoms with Gasteiger partial charge in [0, 0.05) is 16.2 Å². The van der Waals surface area contributed by atoms with Gasteiger partial charge in [-0.05, 0) is 50.2 Å². The molecular weight excluding hydrogens is 410 g/mol. The van der Waals surface area contributed by atoms with Crippen molar-refractivity contribution in [2.24, 2.45) is 0 Å². The van der Waals surface area contributed by atoms with E-state index in [4.69, 9.17) is 4.98 Å². The monoisotopic (exact) mass is 431 g/mol. The van der Waals surface area contributed by atoms with Crippen LogP contribution in [0.4, 0.5) is 0 Å². The number of nitrogens with zero attached hydrogens (tertiary/aromatic N) is 1. The van der Waals surface area contributed by atoms with Gasteiger partial charge in [-0.2, -0.15) is 0 Å². The zero-order valence-electron chi connectivity index (χ0n) is 18.6. The molecule has 0 amide bonds. The Bertz CT molecular complexity index is 1840. The SMILES string of the molecule is c1ccc(C(c2ccccc2)=c2c3ccccc3c3c4ccccc4nc4cccc2c43)cc1. The van der Waals surface area contributed by atoms with Crippen molar-refractivity contribution in [3.63, 3.8) is 0 Å². The predicted octanol–water partition coefficient (Wildman–Crippen LogP) is 7.66. The molecule has 0 aliphatic rings. The molecule has 1 heterocycles. The van der Waals surface area contributed by atoms with Gasteiger partial charge in [-0.3, -0.25) is 0 Å². The summed E-state index contributed by atoms with van der Waals surface area (Å²) in [7, 11) is 0. The Morgan fingerprint density at radius 2 is 0.912 bits per heavy atom. The number of hydrogen-bond acceptors (Lipinski definition) is 1. The maximum Gasteiger partial charge on any atom is 0.0722 e. The molecule has 0 bridgehead atoms. The second-order valence-corrected chi connectivity index (χ2v) is 8.73. The summed E-state index contributed by atoms with van der Waals surface area (Å²) in [5, 5.41) is 8.77. The zero-order valence-corrected chi connectivity index (χ0v) is 18.6. The van der Waals surface area contributed by atoms with Gasteiger partial charge in [0.2, 0.25) is 0 Å². The lowest BCUT2D eigenvalue weighted by Gasteiger charge is -2.17. The van der Waals surface area contributed by atoms with Gasteiger partial charge in [-0.25, -0.2) is 4.98 Å². The highest BCUT2D eigenvalue weighted by Crippen LogP contribution is 2.36. The minimum Gasteiger partial charge on any atom is -0.248 e. The first-order chi connectivity index (χ1) is 16.9. The lowest BCUT2D eigenvalue weighted by Crippen LogP contribution is -2.13. The maximum atomic E-state index is 5.07. The summed E-state index contributed by atoms with van der Waals surface area (Å²) in [5.41, 5.74) is 5.76. The van der Waals surface area contributed by atoms with Crippen LogP contribution in [0.1, 0.15) is 11.1 Å². The van der Waals surface area contributed by atoms with Crippen LogP contribution in [0.3, 0.4) is 0 Å². The van der Waals surface area contributed by atoms with Crippen molar-refractivity contribution in [1.29, 1.82) is 0 Å². The first-order valence-corrected chi connectivity index (χ1v) is 11.7. The Hall–Kier alpha value is -4.49. The highest BCUT2D eigenvalue weighted by atomic mass is 14.7. The Morgan fingerprint density at radius 1 is 0.382 bits per heavy atom. The lowest BCUT2D eigenvalue weighted by atomic mass is 9.87. The van der Waals surface area contributed by atoms with E-state index in [0.717, 1.165) is 11.0 Å². The Kier molecular flexibility index (Phi) is 4.22. The number of para-hydroxylation sites is 1. The van der Waals surface area contributed by atoms with Crippen molar-refractivity contribution >= 4 is 48.9 Å². The molecule has 6 aromatic carbocycles. The summed E-state index contributed by atoms with van der Waals surface area (Å²) < 4.78 is 0. The largest absolute Gasteiger partial charge is 0.248 e. The highest BCUT2D eigenvalue weighted by Gasteiger charge is 2.17. The Balaban J connectivity index is 1.86. The summed E-state index contributed by atoms with van der Waals surface area (Å²) in [5.74, 6) is 0. The molecule has 0 N–H and O–H groups in total. The molecule has 7 aromatic rings. The van der Waals surface area contributed by atoms with Crippen LogP contribution in [-0.2, 0) is 0 Å². The summed E-state index contributed by atoms with van der Waals surface area (Å²) in [6.07, 6.45) is 0. The summed E-state index contributed by atoms with van der Waals surface area (Å²) in [6, 6.07) is 45.4. The van der Waals surface area contributed by atoms with Crippen LogP contribution in [0.25, 0.3) is 48.9 Å². The van der Waals surface area contributed by atoms with Gasteiger partial charge in [0.1, 0.15) is 0 Å². The van der Waals surface area contributed by atoms with Crippen molar-refractivity contribution < 1.29 is 0 Å². The van der Waals surface area contributed by atoms with Crippen LogP contribution in [-0.4, -0.2) is 4.98 Å². The fourth-order valence-corrected chi connectivity index (χ4v) is 5.43. The van der Waals surface area contributed by atoms with E-state index in [-0.39, 0.29) is 0 Å². The fraction of sp³-hybridized carbons (Fsp3) is 0. The molecule has 34 heavy (non-hydrogen) atoms. The van der Waals surface area contributed by atoms with Crippen molar-refractivity contribution in [1.82, 2.24) is 4.98 Å². The van der Waals surface area contributed by atoms with Crippen molar-refractivity contribution in [3.05, 3.63) is 144 Å². The second kappa shape index (κ2) is 7.54. The van der Waals surface area contributed by atoms with E-state index in [9.17, 15) is 0 Å². The molecule has 0 aliphatic heterocycles. The minimum absolute atomic E-state index is 1.04. The maximum absolute atomic E-state index is 5.07. The highest BCUT2D eigenvalue weighted by molar-refractivity contribution is 6.29. The number of aromatic nitrogens is 1. The molecule has 1 aromatic heterocycles. The van der Waals surface area contributed by atoms with Crippen LogP contribution in [0.2, 0.25) is 0 Å². The second-order valence-electron chi connectivity index (χ2n) is 8.73. The first kappa shape index (κ1) is 19.0.